The summed E-state index contributed by atoms with van der Waals surface area (Å²) in [6.07, 6.45) is 4.26. The SMILES string of the molecule is Cc1ccnc2[nH]nc(C3CCN(c4nc(OCC5C[C@H]5C#N)nc(C(C#N)C#N)n4)CC3)c12. The highest BCUT2D eigenvalue weighted by molar-refractivity contribution is 5.81. The Balaban J connectivity index is 1.34. The van der Waals surface area contributed by atoms with Crippen LogP contribution in [0.4, 0.5) is 5.95 Å². The maximum absolute atomic E-state index is 9.34. The smallest absolute Gasteiger partial charge is 0.321 e. The number of ether oxygens (including phenoxy) is 1. The molecule has 3 aromatic rings. The van der Waals surface area contributed by atoms with Crippen molar-refractivity contribution in [2.75, 3.05) is 24.6 Å². The number of piperidine rings is 1. The Kier molecular flexibility index (Phi) is 5.65. The van der Waals surface area contributed by atoms with Gasteiger partial charge in [0.05, 0.1) is 36.4 Å². The van der Waals surface area contributed by atoms with Crippen LogP contribution in [-0.4, -0.2) is 49.8 Å². The van der Waals surface area contributed by atoms with Gasteiger partial charge in [-0.3, -0.25) is 5.10 Å². The molecule has 5 rings (SSSR count). The van der Waals surface area contributed by atoms with Crippen LogP contribution in [0.5, 0.6) is 6.01 Å². The fourth-order valence-electron chi connectivity index (χ4n) is 4.40. The Morgan fingerprint density at radius 3 is 2.68 bits per heavy atom. The van der Waals surface area contributed by atoms with E-state index in [4.69, 9.17) is 10.00 Å². The van der Waals surface area contributed by atoms with Crippen molar-refractivity contribution < 1.29 is 4.74 Å². The number of nitrogens with zero attached hydrogens (tertiary/aromatic N) is 9. The van der Waals surface area contributed by atoms with Gasteiger partial charge in [-0.25, -0.2) is 4.98 Å². The summed E-state index contributed by atoms with van der Waals surface area (Å²) in [6, 6.07) is 8.14. The van der Waals surface area contributed by atoms with E-state index in [2.05, 4.69) is 43.1 Å². The van der Waals surface area contributed by atoms with Crippen molar-refractivity contribution in [2.45, 2.75) is 38.0 Å². The highest BCUT2D eigenvalue weighted by Gasteiger charge is 2.38. The van der Waals surface area contributed by atoms with Crippen LogP contribution in [-0.2, 0) is 0 Å². The van der Waals surface area contributed by atoms with Crippen LogP contribution >= 0.6 is 0 Å². The maximum Gasteiger partial charge on any atom is 0.321 e. The number of nitriles is 3. The van der Waals surface area contributed by atoms with E-state index < -0.39 is 5.92 Å². The molecule has 1 saturated heterocycles. The van der Waals surface area contributed by atoms with Crippen molar-refractivity contribution in [3.63, 3.8) is 0 Å². The first-order valence-corrected chi connectivity index (χ1v) is 11.2. The number of H-pyrrole nitrogens is 1. The van der Waals surface area contributed by atoms with Gasteiger partial charge >= 0.3 is 6.01 Å². The normalized spacial score (nSPS) is 20.0. The molecule has 1 saturated carbocycles. The van der Waals surface area contributed by atoms with Gasteiger partial charge in [0.1, 0.15) is 0 Å². The van der Waals surface area contributed by atoms with Gasteiger partial charge in [-0.05, 0) is 37.8 Å². The molecule has 2 fully saturated rings. The van der Waals surface area contributed by atoms with E-state index in [1.807, 2.05) is 23.1 Å². The summed E-state index contributed by atoms with van der Waals surface area (Å²) in [6.45, 7) is 3.76. The molecule has 170 valence electrons. The Labute approximate surface area is 196 Å². The summed E-state index contributed by atoms with van der Waals surface area (Å²) in [5, 5.41) is 36.3. The zero-order valence-electron chi connectivity index (χ0n) is 18.6. The van der Waals surface area contributed by atoms with Gasteiger partial charge in [-0.1, -0.05) is 0 Å². The fraction of sp³-hybridized carbons (Fsp3) is 0.478. The van der Waals surface area contributed by atoms with Crippen LogP contribution in [0.2, 0.25) is 0 Å². The summed E-state index contributed by atoms with van der Waals surface area (Å²) < 4.78 is 5.73. The molecule has 0 aromatic carbocycles. The molecule has 1 aliphatic carbocycles. The molecule has 4 heterocycles. The largest absolute Gasteiger partial charge is 0.463 e. The van der Waals surface area contributed by atoms with Gasteiger partial charge in [0.25, 0.3) is 0 Å². The van der Waals surface area contributed by atoms with E-state index in [0.717, 1.165) is 41.6 Å². The maximum atomic E-state index is 9.34. The van der Waals surface area contributed by atoms with E-state index in [1.54, 1.807) is 6.20 Å². The number of pyridine rings is 1. The van der Waals surface area contributed by atoms with E-state index in [1.165, 1.54) is 0 Å². The molecule has 1 aliphatic heterocycles. The molecule has 11 heteroatoms. The zero-order valence-corrected chi connectivity index (χ0v) is 18.6. The van der Waals surface area contributed by atoms with Gasteiger partial charge in [0, 0.05) is 36.5 Å². The molecule has 2 aliphatic rings. The van der Waals surface area contributed by atoms with Crippen LogP contribution in [0.15, 0.2) is 12.3 Å². The molecule has 2 atom stereocenters. The molecule has 3 aromatic heterocycles. The lowest BCUT2D eigenvalue weighted by molar-refractivity contribution is 0.270. The quantitative estimate of drug-likeness (QED) is 0.585. The van der Waals surface area contributed by atoms with E-state index in [0.29, 0.717) is 25.6 Å². The Bertz CT molecular complexity index is 1320. The number of hydrogen-bond acceptors (Lipinski definition) is 10. The van der Waals surface area contributed by atoms with Crippen LogP contribution in [0.25, 0.3) is 11.0 Å². The Morgan fingerprint density at radius 1 is 1.18 bits per heavy atom. The number of aromatic nitrogens is 6. The minimum absolute atomic E-state index is 0.00253. The topological polar surface area (TPSA) is 164 Å². The molecular weight excluding hydrogens is 432 g/mol. The zero-order chi connectivity index (χ0) is 23.7. The van der Waals surface area contributed by atoms with Crippen molar-refractivity contribution >= 4 is 17.0 Å². The highest BCUT2D eigenvalue weighted by Crippen LogP contribution is 2.38. The van der Waals surface area contributed by atoms with Crippen molar-refractivity contribution in [2.24, 2.45) is 11.8 Å². The fourth-order valence-corrected chi connectivity index (χ4v) is 4.40. The number of fused-ring (bicyclic) bond motifs is 1. The highest BCUT2D eigenvalue weighted by atomic mass is 16.5. The number of aromatic amines is 1. The second kappa shape index (κ2) is 8.92. The number of aryl methyl sites for hydroxylation is 1. The predicted octanol–water partition coefficient (Wildman–Crippen LogP) is 2.50. The number of hydrogen-bond donors (Lipinski definition) is 1. The van der Waals surface area contributed by atoms with Gasteiger partial charge in [-0.2, -0.15) is 35.8 Å². The minimum atomic E-state index is -1.11. The van der Waals surface area contributed by atoms with Gasteiger partial charge in [0.2, 0.25) is 5.95 Å². The summed E-state index contributed by atoms with van der Waals surface area (Å²) in [7, 11) is 0. The molecular formula is C23H22N10O. The van der Waals surface area contributed by atoms with Gasteiger partial charge < -0.3 is 9.64 Å². The summed E-state index contributed by atoms with van der Waals surface area (Å²) >= 11 is 0. The Hall–Kier alpha value is -4.30. The van der Waals surface area contributed by atoms with Gasteiger partial charge in [0.15, 0.2) is 17.4 Å². The standard InChI is InChI=1S/C23H22N10O/c1-13-2-5-27-21-18(13)19(31-32-21)14-3-6-33(7-4-14)22-28-20(17(10-25)11-26)29-23(30-22)34-12-16-8-15(16)9-24/h2,5,14-17H,3-4,6-8,12H2,1H3,(H,27,31,32)/t15-,16?/m0/s1. The lowest BCUT2D eigenvalue weighted by atomic mass is 9.91. The van der Waals surface area contributed by atoms with Crippen LogP contribution in [0, 0.1) is 52.8 Å². The first-order chi connectivity index (χ1) is 16.6. The van der Waals surface area contributed by atoms with E-state index in [-0.39, 0.29) is 29.6 Å². The third kappa shape index (κ3) is 4.06. The number of nitrogens with one attached hydrogen (secondary N) is 1. The number of rotatable bonds is 6. The first-order valence-electron chi connectivity index (χ1n) is 11.2. The second-order valence-electron chi connectivity index (χ2n) is 8.73. The molecule has 0 radical (unpaired) electrons. The number of anilines is 1. The van der Waals surface area contributed by atoms with Crippen molar-refractivity contribution in [1.82, 2.24) is 30.1 Å². The lowest BCUT2D eigenvalue weighted by Gasteiger charge is -2.31. The van der Waals surface area contributed by atoms with E-state index in [9.17, 15) is 10.5 Å². The van der Waals surface area contributed by atoms with E-state index >= 15 is 0 Å². The monoisotopic (exact) mass is 454 g/mol. The molecule has 0 spiro atoms. The predicted molar refractivity (Wildman–Crippen MR) is 119 cm³/mol. The first kappa shape index (κ1) is 21.5. The second-order valence-corrected chi connectivity index (χ2v) is 8.73. The molecule has 1 N–H and O–H groups in total. The summed E-state index contributed by atoms with van der Waals surface area (Å²) in [5.41, 5.74) is 2.98. The molecule has 1 unspecified atom stereocenters. The molecule has 0 amide bonds. The van der Waals surface area contributed by atoms with Crippen LogP contribution in [0.1, 0.15) is 48.2 Å². The average Bonchev–Trinajstić information content (AvgIpc) is 3.50. The summed E-state index contributed by atoms with van der Waals surface area (Å²) in [4.78, 5) is 19.5. The molecule has 11 nitrogen and oxygen atoms in total. The van der Waals surface area contributed by atoms with Crippen molar-refractivity contribution in [1.29, 1.82) is 15.8 Å². The Morgan fingerprint density at radius 2 is 1.97 bits per heavy atom. The minimum Gasteiger partial charge on any atom is -0.463 e. The third-order valence-corrected chi connectivity index (χ3v) is 6.51. The lowest BCUT2D eigenvalue weighted by Crippen LogP contribution is -2.34. The van der Waals surface area contributed by atoms with Crippen LogP contribution < -0.4 is 9.64 Å². The molecule has 0 bridgehead atoms. The van der Waals surface area contributed by atoms with Gasteiger partial charge in [-0.15, -0.1) is 0 Å². The van der Waals surface area contributed by atoms with Crippen LogP contribution in [0.3, 0.4) is 0 Å². The summed E-state index contributed by atoms with van der Waals surface area (Å²) in [5.74, 6) is -0.198. The van der Waals surface area contributed by atoms with Crippen molar-refractivity contribution in [3.05, 3.63) is 29.3 Å². The molecule has 34 heavy (non-hydrogen) atoms. The van der Waals surface area contributed by atoms with Crippen molar-refractivity contribution in [3.8, 4) is 24.2 Å². The third-order valence-electron chi connectivity index (χ3n) is 6.51. The average molecular weight is 454 g/mol.